The van der Waals surface area contributed by atoms with E-state index in [1.54, 1.807) is 6.92 Å². The molecular formula is C16H26N2O2. The van der Waals surface area contributed by atoms with Crippen molar-refractivity contribution in [3.63, 3.8) is 0 Å². The fourth-order valence-electron chi connectivity index (χ4n) is 1.89. The molecule has 1 rings (SSSR count). The third-order valence-corrected chi connectivity index (χ3v) is 3.33. The van der Waals surface area contributed by atoms with Crippen LogP contribution in [0.25, 0.3) is 0 Å². The third kappa shape index (κ3) is 6.17. The van der Waals surface area contributed by atoms with E-state index >= 15 is 0 Å². The summed E-state index contributed by atoms with van der Waals surface area (Å²) in [4.78, 5) is 14.1. The van der Waals surface area contributed by atoms with Crippen LogP contribution >= 0.6 is 0 Å². The molecule has 4 nitrogen and oxygen atoms in total. The van der Waals surface area contributed by atoms with Crippen LogP contribution in [-0.2, 0) is 16.1 Å². The van der Waals surface area contributed by atoms with Crippen LogP contribution in [0.2, 0.25) is 0 Å². The zero-order chi connectivity index (χ0) is 14.8. The fraction of sp³-hybridized carbons (Fsp3) is 0.562. The summed E-state index contributed by atoms with van der Waals surface area (Å²) in [6.07, 6.45) is -0.424. The highest BCUT2D eigenvalue weighted by Crippen LogP contribution is 2.03. The van der Waals surface area contributed by atoms with E-state index in [4.69, 9.17) is 4.74 Å². The average Bonchev–Trinajstić information content (AvgIpc) is 2.50. The summed E-state index contributed by atoms with van der Waals surface area (Å²) >= 11 is 0. The zero-order valence-corrected chi connectivity index (χ0v) is 12.8. The second-order valence-corrected chi connectivity index (χ2v) is 4.76. The predicted molar refractivity (Wildman–Crippen MR) is 81.5 cm³/mol. The summed E-state index contributed by atoms with van der Waals surface area (Å²) < 4.78 is 5.57. The maximum atomic E-state index is 11.9. The van der Waals surface area contributed by atoms with Crippen LogP contribution in [0, 0.1) is 0 Å². The minimum atomic E-state index is -0.424. The number of nitrogens with zero attached hydrogens (tertiary/aromatic N) is 1. The number of likely N-dealkylation sites (N-methyl/N-ethyl adjacent to an activating group) is 1. The Morgan fingerprint density at radius 2 is 1.90 bits per heavy atom. The number of rotatable bonds is 9. The highest BCUT2D eigenvalue weighted by atomic mass is 16.5. The van der Waals surface area contributed by atoms with Crippen molar-refractivity contribution < 1.29 is 9.53 Å². The molecule has 0 aliphatic rings. The molecule has 0 saturated carbocycles. The number of nitrogens with one attached hydrogen (secondary N) is 1. The van der Waals surface area contributed by atoms with E-state index in [2.05, 4.69) is 24.1 Å². The number of amides is 1. The molecule has 1 aromatic rings. The third-order valence-electron chi connectivity index (χ3n) is 3.33. The van der Waals surface area contributed by atoms with Crippen molar-refractivity contribution in [1.29, 1.82) is 0 Å². The summed E-state index contributed by atoms with van der Waals surface area (Å²) in [5, 5.41) is 2.91. The van der Waals surface area contributed by atoms with E-state index in [0.29, 0.717) is 13.2 Å². The molecule has 1 aromatic carbocycles. The number of benzene rings is 1. The Bertz CT molecular complexity index is 377. The average molecular weight is 278 g/mol. The van der Waals surface area contributed by atoms with Crippen LogP contribution in [0.15, 0.2) is 30.3 Å². The monoisotopic (exact) mass is 278 g/mol. The summed E-state index contributed by atoms with van der Waals surface area (Å²) in [6, 6.07) is 9.88. The molecule has 112 valence electrons. The van der Waals surface area contributed by atoms with E-state index in [9.17, 15) is 4.79 Å². The van der Waals surface area contributed by atoms with Gasteiger partial charge >= 0.3 is 0 Å². The van der Waals surface area contributed by atoms with Crippen molar-refractivity contribution >= 4 is 5.91 Å². The number of carbonyl (C=O) groups is 1. The molecule has 0 fully saturated rings. The first-order valence-corrected chi connectivity index (χ1v) is 7.33. The van der Waals surface area contributed by atoms with Crippen LogP contribution < -0.4 is 5.32 Å². The molecule has 0 aliphatic heterocycles. The van der Waals surface area contributed by atoms with Crippen molar-refractivity contribution in [1.82, 2.24) is 10.2 Å². The lowest BCUT2D eigenvalue weighted by Crippen LogP contribution is -2.39. The van der Waals surface area contributed by atoms with Gasteiger partial charge in [0.2, 0.25) is 5.91 Å². The molecular weight excluding hydrogens is 252 g/mol. The van der Waals surface area contributed by atoms with Crippen LogP contribution in [0.1, 0.15) is 26.3 Å². The van der Waals surface area contributed by atoms with Gasteiger partial charge in [0.25, 0.3) is 0 Å². The molecule has 0 bridgehead atoms. The fourth-order valence-corrected chi connectivity index (χ4v) is 1.89. The normalized spacial score (nSPS) is 12.4. The highest BCUT2D eigenvalue weighted by molar-refractivity contribution is 5.80. The van der Waals surface area contributed by atoms with Crippen LogP contribution in [-0.4, -0.2) is 43.1 Å². The van der Waals surface area contributed by atoms with Crippen molar-refractivity contribution in [2.24, 2.45) is 0 Å². The molecule has 0 unspecified atom stereocenters. The Hall–Kier alpha value is -1.39. The first-order chi connectivity index (χ1) is 9.67. The molecule has 0 spiro atoms. The summed E-state index contributed by atoms with van der Waals surface area (Å²) in [6.45, 7) is 10.1. The molecule has 4 heteroatoms. The topological polar surface area (TPSA) is 41.6 Å². The van der Waals surface area contributed by atoms with Gasteiger partial charge in [-0.15, -0.1) is 0 Å². The molecule has 0 saturated heterocycles. The Balaban J connectivity index is 2.22. The lowest BCUT2D eigenvalue weighted by Gasteiger charge is -2.19. The van der Waals surface area contributed by atoms with Gasteiger partial charge in [-0.3, -0.25) is 4.79 Å². The lowest BCUT2D eigenvalue weighted by molar-refractivity contribution is -0.132. The van der Waals surface area contributed by atoms with Gasteiger partial charge in [-0.2, -0.15) is 0 Å². The molecule has 0 heterocycles. The van der Waals surface area contributed by atoms with E-state index in [-0.39, 0.29) is 5.91 Å². The van der Waals surface area contributed by atoms with Crippen LogP contribution in [0.4, 0.5) is 0 Å². The molecule has 0 aromatic heterocycles. The van der Waals surface area contributed by atoms with Crippen LogP contribution in [0.3, 0.4) is 0 Å². The van der Waals surface area contributed by atoms with Gasteiger partial charge in [-0.25, -0.2) is 0 Å². The standard InChI is InChI=1S/C16H26N2O2/c1-4-18(5-2)12-11-17-16(19)14(3)20-13-15-9-7-6-8-10-15/h6-10,14H,4-5,11-13H2,1-3H3,(H,17,19)/t14-/m1/s1. The van der Waals surface area contributed by atoms with Gasteiger partial charge in [0.05, 0.1) is 6.61 Å². The minimum absolute atomic E-state index is 0.0481. The van der Waals surface area contributed by atoms with E-state index < -0.39 is 6.10 Å². The molecule has 0 aliphatic carbocycles. The van der Waals surface area contributed by atoms with Crippen molar-refractivity contribution in [2.75, 3.05) is 26.2 Å². The van der Waals surface area contributed by atoms with Gasteiger partial charge in [-0.05, 0) is 25.6 Å². The second-order valence-electron chi connectivity index (χ2n) is 4.76. The molecule has 1 N–H and O–H groups in total. The van der Waals surface area contributed by atoms with E-state index in [1.165, 1.54) is 0 Å². The SMILES string of the molecule is CCN(CC)CCNC(=O)[C@@H](C)OCc1ccccc1. The minimum Gasteiger partial charge on any atom is -0.364 e. The summed E-state index contributed by atoms with van der Waals surface area (Å²) in [5.41, 5.74) is 1.08. The van der Waals surface area contributed by atoms with Crippen molar-refractivity contribution in [2.45, 2.75) is 33.5 Å². The molecule has 1 atom stereocenters. The zero-order valence-electron chi connectivity index (χ0n) is 12.8. The number of carbonyl (C=O) groups excluding carboxylic acids is 1. The Kier molecular flexibility index (Phi) is 7.92. The summed E-state index contributed by atoms with van der Waals surface area (Å²) in [7, 11) is 0. The Morgan fingerprint density at radius 3 is 2.50 bits per heavy atom. The molecule has 1 amide bonds. The van der Waals surface area contributed by atoms with Gasteiger partial charge in [0.15, 0.2) is 0 Å². The number of hydrogen-bond donors (Lipinski definition) is 1. The first-order valence-electron chi connectivity index (χ1n) is 7.33. The highest BCUT2D eigenvalue weighted by Gasteiger charge is 2.12. The molecule has 20 heavy (non-hydrogen) atoms. The van der Waals surface area contributed by atoms with E-state index in [0.717, 1.165) is 25.2 Å². The van der Waals surface area contributed by atoms with Crippen molar-refractivity contribution in [3.8, 4) is 0 Å². The smallest absolute Gasteiger partial charge is 0.248 e. The largest absolute Gasteiger partial charge is 0.364 e. The Morgan fingerprint density at radius 1 is 1.25 bits per heavy atom. The van der Waals surface area contributed by atoms with Gasteiger partial charge in [0, 0.05) is 13.1 Å². The molecule has 0 radical (unpaired) electrons. The van der Waals surface area contributed by atoms with Gasteiger partial charge < -0.3 is 15.0 Å². The maximum Gasteiger partial charge on any atom is 0.248 e. The van der Waals surface area contributed by atoms with E-state index in [1.807, 2.05) is 30.3 Å². The second kappa shape index (κ2) is 9.50. The number of ether oxygens (including phenoxy) is 1. The Labute approximate surface area is 122 Å². The predicted octanol–water partition coefficient (Wildman–Crippen LogP) is 2.05. The number of hydrogen-bond acceptors (Lipinski definition) is 3. The van der Waals surface area contributed by atoms with Gasteiger partial charge in [-0.1, -0.05) is 44.2 Å². The maximum absolute atomic E-state index is 11.9. The quantitative estimate of drug-likeness (QED) is 0.751. The summed E-state index contributed by atoms with van der Waals surface area (Å²) in [5.74, 6) is -0.0481. The first kappa shape index (κ1) is 16.7. The van der Waals surface area contributed by atoms with Gasteiger partial charge in [0.1, 0.15) is 6.10 Å². The van der Waals surface area contributed by atoms with Crippen LogP contribution in [0.5, 0.6) is 0 Å². The van der Waals surface area contributed by atoms with Crippen molar-refractivity contribution in [3.05, 3.63) is 35.9 Å². The lowest BCUT2D eigenvalue weighted by atomic mass is 10.2.